The minimum atomic E-state index is 0.632. The van der Waals surface area contributed by atoms with Gasteiger partial charge in [0.15, 0.2) is 0 Å². The number of rotatable bonds is 6. The van der Waals surface area contributed by atoms with E-state index in [0.29, 0.717) is 6.54 Å². The molecule has 1 aliphatic heterocycles. The predicted molar refractivity (Wildman–Crippen MR) is 54.1 cm³/mol. The molecule has 4 heteroatoms. The molecule has 14 heavy (non-hydrogen) atoms. The van der Waals surface area contributed by atoms with Crippen molar-refractivity contribution in [3.63, 3.8) is 0 Å². The van der Waals surface area contributed by atoms with Gasteiger partial charge in [0, 0.05) is 13.1 Å². The summed E-state index contributed by atoms with van der Waals surface area (Å²) >= 11 is 0. The molecule has 1 rings (SSSR count). The molecule has 0 radical (unpaired) electrons. The van der Waals surface area contributed by atoms with E-state index in [-0.39, 0.29) is 0 Å². The Morgan fingerprint density at radius 3 is 2.71 bits per heavy atom. The number of unbranched alkanes of at least 4 members (excludes halogenated alkanes) is 2. The van der Waals surface area contributed by atoms with Crippen LogP contribution in [0.4, 0.5) is 0 Å². The molecule has 0 aromatic rings. The molecule has 1 aliphatic rings. The summed E-state index contributed by atoms with van der Waals surface area (Å²) < 4.78 is 5.26. The van der Waals surface area contributed by atoms with Crippen LogP contribution in [-0.2, 0) is 9.53 Å². The van der Waals surface area contributed by atoms with Gasteiger partial charge in [0.1, 0.15) is 0 Å². The molecule has 0 aliphatic carbocycles. The Morgan fingerprint density at radius 1 is 1.21 bits per heavy atom. The second-order valence-corrected chi connectivity index (χ2v) is 3.49. The van der Waals surface area contributed by atoms with Crippen LogP contribution in [-0.4, -0.2) is 50.4 Å². The second kappa shape index (κ2) is 7.68. The standard InChI is InChI=1S/C10H18N2O2/c13-10-11-4-2-1-3-5-12-6-8-14-9-7-12/h1-9H2. The Bertz CT molecular complexity index is 185. The van der Waals surface area contributed by atoms with Crippen molar-refractivity contribution >= 4 is 6.08 Å². The van der Waals surface area contributed by atoms with Crippen molar-refractivity contribution in [1.82, 2.24) is 4.90 Å². The van der Waals surface area contributed by atoms with E-state index in [0.717, 1.165) is 45.7 Å². The SMILES string of the molecule is O=C=NCCCCCN1CCOCC1. The highest BCUT2D eigenvalue weighted by molar-refractivity contribution is 5.32. The molecule has 0 saturated carbocycles. The molecular formula is C10H18N2O2. The van der Waals surface area contributed by atoms with Crippen LogP contribution in [0.2, 0.25) is 0 Å². The fraction of sp³-hybridized carbons (Fsp3) is 0.900. The first-order valence-corrected chi connectivity index (χ1v) is 5.27. The Hall–Kier alpha value is -0.700. The topological polar surface area (TPSA) is 41.9 Å². The average molecular weight is 198 g/mol. The molecule has 80 valence electrons. The van der Waals surface area contributed by atoms with Crippen LogP contribution in [0.1, 0.15) is 19.3 Å². The molecule has 0 unspecified atom stereocenters. The van der Waals surface area contributed by atoms with Gasteiger partial charge < -0.3 is 4.74 Å². The molecular weight excluding hydrogens is 180 g/mol. The largest absolute Gasteiger partial charge is 0.379 e. The van der Waals surface area contributed by atoms with Crippen LogP contribution in [0.5, 0.6) is 0 Å². The van der Waals surface area contributed by atoms with Gasteiger partial charge in [0.25, 0.3) is 0 Å². The average Bonchev–Trinajstić information content (AvgIpc) is 2.25. The van der Waals surface area contributed by atoms with Gasteiger partial charge in [-0.1, -0.05) is 6.42 Å². The van der Waals surface area contributed by atoms with Crippen LogP contribution in [0, 0.1) is 0 Å². The zero-order chi connectivity index (χ0) is 10.1. The summed E-state index contributed by atoms with van der Waals surface area (Å²) in [5.41, 5.74) is 0. The van der Waals surface area contributed by atoms with Gasteiger partial charge in [-0.25, -0.2) is 9.79 Å². The van der Waals surface area contributed by atoms with Crippen LogP contribution in [0.3, 0.4) is 0 Å². The number of ether oxygens (including phenoxy) is 1. The fourth-order valence-electron chi connectivity index (χ4n) is 1.57. The molecule has 0 spiro atoms. The maximum Gasteiger partial charge on any atom is 0.234 e. The minimum absolute atomic E-state index is 0.632. The van der Waals surface area contributed by atoms with Gasteiger partial charge in [0.05, 0.1) is 19.8 Å². The van der Waals surface area contributed by atoms with Gasteiger partial charge in [0.2, 0.25) is 6.08 Å². The van der Waals surface area contributed by atoms with E-state index in [4.69, 9.17) is 4.74 Å². The molecule has 4 nitrogen and oxygen atoms in total. The van der Waals surface area contributed by atoms with Crippen molar-refractivity contribution in [2.75, 3.05) is 39.4 Å². The predicted octanol–water partition coefficient (Wildman–Crippen LogP) is 0.825. The van der Waals surface area contributed by atoms with Gasteiger partial charge in [-0.3, -0.25) is 4.90 Å². The quantitative estimate of drug-likeness (QED) is 0.360. The van der Waals surface area contributed by atoms with Crippen LogP contribution < -0.4 is 0 Å². The number of nitrogens with zero attached hydrogens (tertiary/aromatic N) is 2. The Morgan fingerprint density at radius 2 is 2.00 bits per heavy atom. The van der Waals surface area contributed by atoms with Crippen molar-refractivity contribution in [3.05, 3.63) is 0 Å². The van der Waals surface area contributed by atoms with Gasteiger partial charge in [-0.15, -0.1) is 0 Å². The normalized spacial score (nSPS) is 17.7. The van der Waals surface area contributed by atoms with E-state index in [1.165, 1.54) is 6.42 Å². The summed E-state index contributed by atoms with van der Waals surface area (Å²) in [5, 5.41) is 0. The lowest BCUT2D eigenvalue weighted by Gasteiger charge is -2.26. The van der Waals surface area contributed by atoms with Gasteiger partial charge in [-0.2, -0.15) is 0 Å². The zero-order valence-corrected chi connectivity index (χ0v) is 8.57. The lowest BCUT2D eigenvalue weighted by Crippen LogP contribution is -2.36. The second-order valence-electron chi connectivity index (χ2n) is 3.49. The third-order valence-electron chi connectivity index (χ3n) is 2.41. The Balaban J connectivity index is 1.89. The van der Waals surface area contributed by atoms with Crippen LogP contribution >= 0.6 is 0 Å². The molecule has 1 fully saturated rings. The molecule has 1 saturated heterocycles. The summed E-state index contributed by atoms with van der Waals surface area (Å²) in [4.78, 5) is 15.7. The van der Waals surface area contributed by atoms with E-state index in [1.807, 2.05) is 0 Å². The minimum Gasteiger partial charge on any atom is -0.379 e. The zero-order valence-electron chi connectivity index (χ0n) is 8.57. The summed E-state index contributed by atoms with van der Waals surface area (Å²) in [6.07, 6.45) is 4.89. The van der Waals surface area contributed by atoms with E-state index in [2.05, 4.69) is 9.89 Å². The van der Waals surface area contributed by atoms with E-state index in [1.54, 1.807) is 6.08 Å². The number of isocyanates is 1. The molecule has 0 atom stereocenters. The number of hydrogen-bond donors (Lipinski definition) is 0. The molecule has 0 bridgehead atoms. The van der Waals surface area contributed by atoms with Crippen molar-refractivity contribution in [2.45, 2.75) is 19.3 Å². The third kappa shape index (κ3) is 5.12. The number of carbonyl (C=O) groups excluding carboxylic acids is 1. The lowest BCUT2D eigenvalue weighted by molar-refractivity contribution is 0.0371. The molecule has 0 aromatic heterocycles. The van der Waals surface area contributed by atoms with Gasteiger partial charge in [-0.05, 0) is 19.4 Å². The summed E-state index contributed by atoms with van der Waals surface area (Å²) in [7, 11) is 0. The highest BCUT2D eigenvalue weighted by Crippen LogP contribution is 2.01. The molecule has 0 aromatic carbocycles. The molecule has 1 heterocycles. The first-order chi connectivity index (χ1) is 6.93. The monoisotopic (exact) mass is 198 g/mol. The highest BCUT2D eigenvalue weighted by atomic mass is 16.5. The number of morpholine rings is 1. The smallest absolute Gasteiger partial charge is 0.234 e. The Kier molecular flexibility index (Phi) is 6.24. The van der Waals surface area contributed by atoms with Crippen molar-refractivity contribution in [1.29, 1.82) is 0 Å². The van der Waals surface area contributed by atoms with Gasteiger partial charge >= 0.3 is 0 Å². The third-order valence-corrected chi connectivity index (χ3v) is 2.41. The maximum atomic E-state index is 9.77. The fourth-order valence-corrected chi connectivity index (χ4v) is 1.57. The summed E-state index contributed by atoms with van der Waals surface area (Å²) in [6, 6.07) is 0. The highest BCUT2D eigenvalue weighted by Gasteiger charge is 2.08. The van der Waals surface area contributed by atoms with Crippen molar-refractivity contribution in [2.24, 2.45) is 4.99 Å². The number of hydrogen-bond acceptors (Lipinski definition) is 4. The lowest BCUT2D eigenvalue weighted by atomic mass is 10.2. The van der Waals surface area contributed by atoms with Crippen LogP contribution in [0.25, 0.3) is 0 Å². The van der Waals surface area contributed by atoms with E-state index < -0.39 is 0 Å². The summed E-state index contributed by atoms with van der Waals surface area (Å²) in [5.74, 6) is 0. The Labute approximate surface area is 84.9 Å². The molecule has 0 amide bonds. The van der Waals surface area contributed by atoms with E-state index in [9.17, 15) is 4.79 Å². The first kappa shape index (κ1) is 11.4. The number of aliphatic imine (C=N–C) groups is 1. The van der Waals surface area contributed by atoms with Crippen LogP contribution in [0.15, 0.2) is 4.99 Å². The molecule has 0 N–H and O–H groups in total. The van der Waals surface area contributed by atoms with Crippen molar-refractivity contribution < 1.29 is 9.53 Å². The van der Waals surface area contributed by atoms with E-state index >= 15 is 0 Å². The van der Waals surface area contributed by atoms with Crippen molar-refractivity contribution in [3.8, 4) is 0 Å². The maximum absolute atomic E-state index is 9.77. The first-order valence-electron chi connectivity index (χ1n) is 5.27. The summed E-state index contributed by atoms with van der Waals surface area (Å²) in [6.45, 7) is 5.64.